The van der Waals surface area contributed by atoms with Crippen molar-refractivity contribution >= 4 is 35.8 Å². The first-order valence-corrected chi connectivity index (χ1v) is 8.63. The lowest BCUT2D eigenvalue weighted by molar-refractivity contribution is 0.0954. The number of rotatable bonds is 7. The number of carbonyl (C=O) groups is 1. The Hall–Kier alpha value is -2.16. The first-order valence-electron chi connectivity index (χ1n) is 8.63. The van der Waals surface area contributed by atoms with Gasteiger partial charge in [-0.1, -0.05) is 36.4 Å². The number of amides is 1. The van der Waals surface area contributed by atoms with E-state index in [4.69, 9.17) is 0 Å². The van der Waals surface area contributed by atoms with Gasteiger partial charge >= 0.3 is 0 Å². The van der Waals surface area contributed by atoms with Gasteiger partial charge in [0.1, 0.15) is 5.82 Å². The SMILES string of the molecule is CN=C(NCCNC(=O)c1ccc(C)c(F)c1)NCCc1ccccc1.I. The van der Waals surface area contributed by atoms with E-state index in [0.29, 0.717) is 30.2 Å². The van der Waals surface area contributed by atoms with Crippen molar-refractivity contribution in [2.24, 2.45) is 4.99 Å². The number of benzene rings is 2. The fourth-order valence-corrected chi connectivity index (χ4v) is 2.38. The van der Waals surface area contributed by atoms with Crippen LogP contribution in [0.3, 0.4) is 0 Å². The molecular formula is C20H26FIN4O. The molecule has 0 atom stereocenters. The summed E-state index contributed by atoms with van der Waals surface area (Å²) in [6.45, 7) is 3.36. The largest absolute Gasteiger partial charge is 0.356 e. The molecule has 7 heteroatoms. The molecule has 27 heavy (non-hydrogen) atoms. The maximum atomic E-state index is 13.5. The number of hydrogen-bond acceptors (Lipinski definition) is 2. The van der Waals surface area contributed by atoms with Crippen LogP contribution in [-0.2, 0) is 6.42 Å². The van der Waals surface area contributed by atoms with Crippen LogP contribution < -0.4 is 16.0 Å². The van der Waals surface area contributed by atoms with Crippen molar-refractivity contribution in [1.82, 2.24) is 16.0 Å². The van der Waals surface area contributed by atoms with E-state index in [1.807, 2.05) is 18.2 Å². The van der Waals surface area contributed by atoms with E-state index in [2.05, 4.69) is 33.1 Å². The molecule has 2 aromatic carbocycles. The van der Waals surface area contributed by atoms with Crippen molar-refractivity contribution in [2.45, 2.75) is 13.3 Å². The average Bonchev–Trinajstić information content (AvgIpc) is 2.66. The van der Waals surface area contributed by atoms with E-state index < -0.39 is 0 Å². The number of carbonyl (C=O) groups excluding carboxylic acids is 1. The molecule has 0 bridgehead atoms. The first kappa shape index (κ1) is 22.9. The Morgan fingerprint density at radius 2 is 1.67 bits per heavy atom. The lowest BCUT2D eigenvalue weighted by atomic mass is 10.1. The predicted octanol–water partition coefficient (Wildman–Crippen LogP) is 2.89. The molecule has 0 saturated carbocycles. The topological polar surface area (TPSA) is 65.5 Å². The average molecular weight is 484 g/mol. The van der Waals surface area contributed by atoms with Crippen LogP contribution in [0.25, 0.3) is 0 Å². The molecule has 2 rings (SSSR count). The third-order valence-electron chi connectivity index (χ3n) is 3.91. The van der Waals surface area contributed by atoms with E-state index in [0.717, 1.165) is 13.0 Å². The molecule has 0 fully saturated rings. The number of guanidine groups is 1. The third kappa shape index (κ3) is 7.94. The van der Waals surface area contributed by atoms with Crippen LogP contribution in [0.2, 0.25) is 0 Å². The zero-order valence-electron chi connectivity index (χ0n) is 15.6. The van der Waals surface area contributed by atoms with Gasteiger partial charge in [-0.2, -0.15) is 0 Å². The molecule has 0 heterocycles. The summed E-state index contributed by atoms with van der Waals surface area (Å²) < 4.78 is 13.5. The van der Waals surface area contributed by atoms with E-state index in [1.165, 1.54) is 11.6 Å². The van der Waals surface area contributed by atoms with Crippen molar-refractivity contribution in [3.8, 4) is 0 Å². The van der Waals surface area contributed by atoms with E-state index in [9.17, 15) is 9.18 Å². The number of aryl methyl sites for hydroxylation is 1. The summed E-state index contributed by atoms with van der Waals surface area (Å²) in [5.74, 6) is 0.00748. The van der Waals surface area contributed by atoms with Gasteiger partial charge in [0.05, 0.1) is 0 Å². The molecular weight excluding hydrogens is 458 g/mol. The Labute approximate surface area is 176 Å². The van der Waals surface area contributed by atoms with Gasteiger partial charge in [-0.05, 0) is 36.6 Å². The third-order valence-corrected chi connectivity index (χ3v) is 3.91. The maximum Gasteiger partial charge on any atom is 0.251 e. The summed E-state index contributed by atoms with van der Waals surface area (Å²) in [5.41, 5.74) is 2.10. The summed E-state index contributed by atoms with van der Waals surface area (Å²) in [7, 11) is 1.70. The Bertz CT molecular complexity index is 753. The monoisotopic (exact) mass is 484 g/mol. The lowest BCUT2D eigenvalue weighted by Gasteiger charge is -2.12. The minimum atomic E-state index is -0.376. The van der Waals surface area contributed by atoms with Crippen LogP contribution >= 0.6 is 24.0 Å². The number of aliphatic imine (C=N–C) groups is 1. The molecule has 2 aromatic rings. The van der Waals surface area contributed by atoms with Crippen LogP contribution in [0.4, 0.5) is 4.39 Å². The number of nitrogens with one attached hydrogen (secondary N) is 3. The summed E-state index contributed by atoms with van der Waals surface area (Å²) in [5, 5.41) is 9.12. The first-order chi connectivity index (χ1) is 12.6. The molecule has 0 saturated heterocycles. The number of halogens is 2. The molecule has 0 unspecified atom stereocenters. The van der Waals surface area contributed by atoms with Gasteiger partial charge in [0, 0.05) is 32.2 Å². The minimum absolute atomic E-state index is 0. The van der Waals surface area contributed by atoms with Crippen molar-refractivity contribution in [3.05, 3.63) is 71.0 Å². The van der Waals surface area contributed by atoms with E-state index >= 15 is 0 Å². The Kier molecular flexibility index (Phi) is 10.4. The minimum Gasteiger partial charge on any atom is -0.356 e. The van der Waals surface area contributed by atoms with Crippen LogP contribution in [0.15, 0.2) is 53.5 Å². The lowest BCUT2D eigenvalue weighted by Crippen LogP contribution is -2.42. The number of hydrogen-bond donors (Lipinski definition) is 3. The Balaban J connectivity index is 0.00000364. The molecule has 3 N–H and O–H groups in total. The fraction of sp³-hybridized carbons (Fsp3) is 0.300. The molecule has 146 valence electrons. The van der Waals surface area contributed by atoms with Gasteiger partial charge in [0.25, 0.3) is 5.91 Å². The fourth-order valence-electron chi connectivity index (χ4n) is 2.38. The highest BCUT2D eigenvalue weighted by Gasteiger charge is 2.07. The Morgan fingerprint density at radius 3 is 2.33 bits per heavy atom. The van der Waals surface area contributed by atoms with Gasteiger partial charge in [-0.3, -0.25) is 9.79 Å². The molecule has 5 nitrogen and oxygen atoms in total. The maximum absolute atomic E-state index is 13.5. The van der Waals surface area contributed by atoms with Crippen molar-refractivity contribution in [3.63, 3.8) is 0 Å². The van der Waals surface area contributed by atoms with Gasteiger partial charge in [-0.25, -0.2) is 4.39 Å². The second-order valence-corrected chi connectivity index (χ2v) is 5.88. The normalized spacial score (nSPS) is 10.7. The highest BCUT2D eigenvalue weighted by atomic mass is 127. The second-order valence-electron chi connectivity index (χ2n) is 5.88. The van der Waals surface area contributed by atoms with Crippen LogP contribution in [-0.4, -0.2) is 38.5 Å². The van der Waals surface area contributed by atoms with E-state index in [1.54, 1.807) is 26.1 Å². The predicted molar refractivity (Wildman–Crippen MR) is 118 cm³/mol. The van der Waals surface area contributed by atoms with Gasteiger partial charge in [0.2, 0.25) is 0 Å². The van der Waals surface area contributed by atoms with Crippen LogP contribution in [0, 0.1) is 12.7 Å². The number of nitrogens with zero attached hydrogens (tertiary/aromatic N) is 1. The van der Waals surface area contributed by atoms with Crippen LogP contribution in [0.5, 0.6) is 0 Å². The van der Waals surface area contributed by atoms with Crippen molar-refractivity contribution in [2.75, 3.05) is 26.7 Å². The van der Waals surface area contributed by atoms with Gasteiger partial charge < -0.3 is 16.0 Å². The van der Waals surface area contributed by atoms with Crippen LogP contribution in [0.1, 0.15) is 21.5 Å². The summed E-state index contributed by atoms with van der Waals surface area (Å²) in [4.78, 5) is 16.1. The van der Waals surface area contributed by atoms with Crippen molar-refractivity contribution in [1.29, 1.82) is 0 Å². The Morgan fingerprint density at radius 1 is 1.00 bits per heavy atom. The molecule has 0 radical (unpaired) electrons. The highest BCUT2D eigenvalue weighted by Crippen LogP contribution is 2.08. The summed E-state index contributed by atoms with van der Waals surface area (Å²) in [6, 6.07) is 14.7. The van der Waals surface area contributed by atoms with Gasteiger partial charge in [-0.15, -0.1) is 24.0 Å². The van der Waals surface area contributed by atoms with Gasteiger partial charge in [0.15, 0.2) is 5.96 Å². The highest BCUT2D eigenvalue weighted by molar-refractivity contribution is 14.0. The summed E-state index contributed by atoms with van der Waals surface area (Å²) in [6.07, 6.45) is 0.900. The smallest absolute Gasteiger partial charge is 0.251 e. The molecule has 0 aliphatic rings. The standard InChI is InChI=1S/C20H25FN4O.HI/c1-15-8-9-17(14-18(15)21)19(26)23-12-13-25-20(22-2)24-11-10-16-6-4-3-5-7-16;/h3-9,14H,10-13H2,1-2H3,(H,23,26)(H2,22,24,25);1H. The zero-order valence-corrected chi connectivity index (χ0v) is 17.9. The summed E-state index contributed by atoms with van der Waals surface area (Å²) >= 11 is 0. The van der Waals surface area contributed by atoms with Crippen molar-refractivity contribution < 1.29 is 9.18 Å². The van der Waals surface area contributed by atoms with E-state index in [-0.39, 0.29) is 35.7 Å². The quantitative estimate of drug-likeness (QED) is 0.245. The molecule has 0 aliphatic heterocycles. The molecule has 0 spiro atoms. The molecule has 1 amide bonds. The molecule has 0 aliphatic carbocycles. The zero-order chi connectivity index (χ0) is 18.8. The molecule has 0 aromatic heterocycles. The second kappa shape index (κ2) is 12.3.